The molecule has 0 bridgehead atoms. The van der Waals surface area contributed by atoms with Gasteiger partial charge in [0.05, 0.1) is 35.2 Å². The number of halogens is 3. The van der Waals surface area contributed by atoms with Crippen molar-refractivity contribution in [2.24, 2.45) is 4.99 Å². The molecule has 2 atom stereocenters. The molecule has 4 N–H and O–H groups in total. The molecule has 8 nitrogen and oxygen atoms in total. The maximum absolute atomic E-state index is 13.0. The van der Waals surface area contributed by atoms with Crippen LogP contribution >= 0.6 is 0 Å². The van der Waals surface area contributed by atoms with Crippen molar-refractivity contribution in [2.45, 2.75) is 37.5 Å². The number of imidazole rings is 1. The Bertz CT molecular complexity index is 1330. The summed E-state index contributed by atoms with van der Waals surface area (Å²) in [6, 6.07) is 7.63. The molecule has 0 unspecified atom stereocenters. The summed E-state index contributed by atoms with van der Waals surface area (Å²) >= 11 is 0. The second kappa shape index (κ2) is 9.67. The van der Waals surface area contributed by atoms with Gasteiger partial charge in [0.25, 0.3) is 5.91 Å². The van der Waals surface area contributed by atoms with Crippen LogP contribution in [0.4, 0.5) is 13.2 Å². The van der Waals surface area contributed by atoms with Crippen LogP contribution in [0.2, 0.25) is 0 Å². The van der Waals surface area contributed by atoms with E-state index in [1.165, 1.54) is 6.07 Å². The topological polar surface area (TPSA) is 122 Å². The van der Waals surface area contributed by atoms with Crippen molar-refractivity contribution in [2.75, 3.05) is 20.2 Å². The van der Waals surface area contributed by atoms with E-state index in [0.29, 0.717) is 36.8 Å². The number of aliphatic hydroxyl groups is 2. The molecule has 2 heterocycles. The molecule has 1 aliphatic heterocycles. The number of aryl methyl sites for hydroxylation is 1. The fourth-order valence-corrected chi connectivity index (χ4v) is 4.27. The van der Waals surface area contributed by atoms with E-state index in [9.17, 15) is 27.9 Å². The molecule has 0 radical (unpaired) electrons. The zero-order valence-electron chi connectivity index (χ0n) is 18.9. The number of hydrogen-bond acceptors (Lipinski definition) is 4. The number of carbonyl (C=O) groups excluding carboxylic acids is 2. The van der Waals surface area contributed by atoms with Gasteiger partial charge >= 0.3 is 6.18 Å². The zero-order valence-corrected chi connectivity index (χ0v) is 18.9. The number of aliphatic hydroxyl groups excluding tert-OH is 2. The van der Waals surface area contributed by atoms with E-state index in [0.717, 1.165) is 29.3 Å². The highest BCUT2D eigenvalue weighted by atomic mass is 19.4. The third-order valence-electron chi connectivity index (χ3n) is 6.20. The van der Waals surface area contributed by atoms with E-state index >= 15 is 0 Å². The van der Waals surface area contributed by atoms with Crippen LogP contribution in [-0.4, -0.2) is 63.2 Å². The minimum atomic E-state index is -4.58. The number of nitrogens with one attached hydrogen (secondary N) is 2. The average molecular weight is 490 g/mol. The van der Waals surface area contributed by atoms with Gasteiger partial charge in [-0.05, 0) is 60.7 Å². The molecule has 2 amide bonds. The Balaban J connectivity index is 1.72. The largest absolute Gasteiger partial charge is 0.416 e. The Morgan fingerprint density at radius 2 is 1.94 bits per heavy atom. The normalized spacial score (nSPS) is 18.0. The number of benzene rings is 2. The van der Waals surface area contributed by atoms with Gasteiger partial charge in [-0.3, -0.25) is 9.59 Å². The van der Waals surface area contributed by atoms with Gasteiger partial charge in [0, 0.05) is 19.2 Å². The lowest BCUT2D eigenvalue weighted by atomic mass is 9.90. The third kappa shape index (κ3) is 5.30. The second-order valence-corrected chi connectivity index (χ2v) is 8.67. The lowest BCUT2D eigenvalue weighted by Crippen LogP contribution is -2.22. The Morgan fingerprint density at radius 1 is 1.23 bits per heavy atom. The minimum absolute atomic E-state index is 0.0199. The lowest BCUT2D eigenvalue weighted by Gasteiger charge is -2.16. The molecule has 11 heteroatoms. The van der Waals surface area contributed by atoms with E-state index in [4.69, 9.17) is 5.11 Å². The number of carbonyl (C=O) groups is 2. The number of nitrogens with zero attached hydrogens (tertiary/aromatic N) is 2. The smallest absolute Gasteiger partial charge is 0.394 e. The molecule has 0 saturated carbocycles. The zero-order chi connectivity index (χ0) is 25.3. The van der Waals surface area contributed by atoms with E-state index in [1.54, 1.807) is 24.1 Å². The standard InChI is InChI=1S/C24H25F3N4O4/c1-31-8-7-17(22(31)35)18-11-20-19(10-13(18)5-6-16(33)12-32)28-23(29-20)30-21(34)14-3-2-4-15(9-14)24(25,26)27/h2-4,9-11,16-17,32-33H,5-8,12H2,1H3,(H2,28,29,30,34)/t16-,17+/m1/s1. The average Bonchev–Trinajstić information content (AvgIpc) is 3.37. The van der Waals surface area contributed by atoms with Crippen molar-refractivity contribution < 1.29 is 33.0 Å². The summed E-state index contributed by atoms with van der Waals surface area (Å²) in [5, 5.41) is 19.0. The van der Waals surface area contributed by atoms with Crippen molar-refractivity contribution in [3.8, 4) is 0 Å². The monoisotopic (exact) mass is 490 g/mol. The maximum Gasteiger partial charge on any atom is 0.416 e. The number of likely N-dealkylation sites (tertiary alicyclic amines) is 1. The highest BCUT2D eigenvalue weighted by Gasteiger charge is 2.32. The number of aromatic amines is 2. The van der Waals surface area contributed by atoms with E-state index < -0.39 is 23.8 Å². The summed E-state index contributed by atoms with van der Waals surface area (Å²) in [6.07, 6.45) is -4.14. The van der Waals surface area contributed by atoms with Crippen molar-refractivity contribution in [1.82, 2.24) is 14.9 Å². The number of rotatable bonds is 6. The highest BCUT2D eigenvalue weighted by molar-refractivity contribution is 5.95. The summed E-state index contributed by atoms with van der Waals surface area (Å²) in [4.78, 5) is 36.6. The lowest BCUT2D eigenvalue weighted by molar-refractivity contribution is -0.137. The van der Waals surface area contributed by atoms with Gasteiger partial charge < -0.3 is 25.1 Å². The second-order valence-electron chi connectivity index (χ2n) is 8.67. The van der Waals surface area contributed by atoms with Gasteiger partial charge in [-0.25, -0.2) is 0 Å². The fourth-order valence-electron chi connectivity index (χ4n) is 4.27. The number of H-pyrrole nitrogens is 2. The number of fused-ring (bicyclic) bond motifs is 1. The summed E-state index contributed by atoms with van der Waals surface area (Å²) in [5.41, 5.74) is 1.65. The van der Waals surface area contributed by atoms with E-state index in [-0.39, 0.29) is 29.6 Å². The predicted molar refractivity (Wildman–Crippen MR) is 120 cm³/mol. The van der Waals surface area contributed by atoms with Crippen LogP contribution in [0.1, 0.15) is 45.8 Å². The molecule has 2 aromatic carbocycles. The molecular weight excluding hydrogens is 465 g/mol. The molecule has 1 aromatic heterocycles. The van der Waals surface area contributed by atoms with Gasteiger partial charge in [0.15, 0.2) is 0 Å². The van der Waals surface area contributed by atoms with Crippen LogP contribution in [0.5, 0.6) is 0 Å². The van der Waals surface area contributed by atoms with Gasteiger partial charge in [-0.1, -0.05) is 6.07 Å². The summed E-state index contributed by atoms with van der Waals surface area (Å²) < 4.78 is 38.9. The summed E-state index contributed by atoms with van der Waals surface area (Å²) in [7, 11) is 1.73. The van der Waals surface area contributed by atoms with Crippen LogP contribution in [0.3, 0.4) is 0 Å². The molecule has 1 aliphatic rings. The van der Waals surface area contributed by atoms with Crippen LogP contribution < -0.4 is 5.62 Å². The minimum Gasteiger partial charge on any atom is -0.394 e. The number of likely N-dealkylation sites (N-methyl/N-ethyl adjacent to an activating group) is 1. The molecule has 186 valence electrons. The molecule has 0 aliphatic carbocycles. The van der Waals surface area contributed by atoms with Gasteiger partial charge in [0.1, 0.15) is 0 Å². The quantitative estimate of drug-likeness (QED) is 0.424. The van der Waals surface area contributed by atoms with Gasteiger partial charge in [0.2, 0.25) is 11.5 Å². The molecule has 35 heavy (non-hydrogen) atoms. The summed E-state index contributed by atoms with van der Waals surface area (Å²) in [6.45, 7) is 0.239. The first-order valence-corrected chi connectivity index (χ1v) is 11.1. The number of aromatic nitrogens is 2. The van der Waals surface area contributed by atoms with E-state index in [2.05, 4.69) is 15.0 Å². The number of amides is 2. The SMILES string of the molecule is CN1CC[C@@H](c2cc3[nH]/c(=N/C(=O)c4cccc(C(F)(F)F)c4)[nH]c3cc2CC[C@@H](O)CO)C1=O. The maximum atomic E-state index is 13.0. The fraction of sp³-hybridized carbons (Fsp3) is 0.375. The highest BCUT2D eigenvalue weighted by Crippen LogP contribution is 2.33. The Labute approximate surface area is 198 Å². The summed E-state index contributed by atoms with van der Waals surface area (Å²) in [5.74, 6) is -1.23. The van der Waals surface area contributed by atoms with Gasteiger partial charge in [-0.15, -0.1) is 0 Å². The Morgan fingerprint density at radius 3 is 2.57 bits per heavy atom. The molecule has 1 saturated heterocycles. The van der Waals surface area contributed by atoms with Crippen LogP contribution in [0.15, 0.2) is 41.4 Å². The first kappa shape index (κ1) is 24.7. The Hall–Kier alpha value is -3.44. The molecule has 3 aromatic rings. The first-order chi connectivity index (χ1) is 16.6. The molecule has 4 rings (SSSR count). The van der Waals surface area contributed by atoms with E-state index in [1.807, 2.05) is 0 Å². The Kier molecular flexibility index (Phi) is 6.82. The van der Waals surface area contributed by atoms with Crippen molar-refractivity contribution in [1.29, 1.82) is 0 Å². The van der Waals surface area contributed by atoms with Crippen LogP contribution in [0, 0.1) is 0 Å². The predicted octanol–water partition coefficient (Wildman–Crippen LogP) is 2.49. The van der Waals surface area contributed by atoms with Crippen molar-refractivity contribution in [3.05, 3.63) is 64.3 Å². The first-order valence-electron chi connectivity index (χ1n) is 11.1. The molecule has 0 spiro atoms. The molecular formula is C24H25F3N4O4. The third-order valence-corrected chi connectivity index (χ3v) is 6.20. The van der Waals surface area contributed by atoms with Gasteiger partial charge in [-0.2, -0.15) is 18.2 Å². The van der Waals surface area contributed by atoms with Crippen molar-refractivity contribution >= 4 is 22.8 Å². The van der Waals surface area contributed by atoms with Crippen LogP contribution in [0.25, 0.3) is 11.0 Å². The molecule has 1 fully saturated rings. The number of alkyl halides is 3. The van der Waals surface area contributed by atoms with Crippen molar-refractivity contribution in [3.63, 3.8) is 0 Å². The van der Waals surface area contributed by atoms with Crippen LogP contribution in [-0.2, 0) is 17.4 Å². The number of hydrogen-bond donors (Lipinski definition) is 4.